The lowest BCUT2D eigenvalue weighted by Gasteiger charge is -2.43. The van der Waals surface area contributed by atoms with Gasteiger partial charge in [0, 0.05) is 29.4 Å². The van der Waals surface area contributed by atoms with Crippen LogP contribution in [0.15, 0.2) is 36.4 Å². The second-order valence-electron chi connectivity index (χ2n) is 9.42. The Kier molecular flexibility index (Phi) is 5.62. The van der Waals surface area contributed by atoms with Gasteiger partial charge in [0.05, 0.1) is 25.0 Å². The van der Waals surface area contributed by atoms with E-state index in [1.165, 1.54) is 18.2 Å². The van der Waals surface area contributed by atoms with E-state index in [4.69, 9.17) is 21.1 Å². The second kappa shape index (κ2) is 8.43. The molecule has 0 saturated heterocycles. The Balaban J connectivity index is 1.56. The molecule has 2 aliphatic carbocycles. The van der Waals surface area contributed by atoms with Crippen molar-refractivity contribution in [2.75, 3.05) is 31.7 Å². The molecule has 0 aromatic heterocycles. The lowest BCUT2D eigenvalue weighted by molar-refractivity contribution is -0.115. The zero-order valence-electron chi connectivity index (χ0n) is 18.3. The van der Waals surface area contributed by atoms with E-state index in [2.05, 4.69) is 17.0 Å². The number of benzene rings is 2. The number of hydrogen-bond donors (Lipinski definition) is 0. The monoisotopic (exact) mass is 453 g/mol. The van der Waals surface area contributed by atoms with E-state index < -0.39 is 0 Å². The van der Waals surface area contributed by atoms with Crippen molar-refractivity contribution >= 4 is 29.5 Å². The number of hydrogen-bond acceptors (Lipinski definition) is 5. The molecule has 1 spiro atoms. The maximum atomic E-state index is 12.2. The van der Waals surface area contributed by atoms with Crippen LogP contribution in [0.5, 0.6) is 5.75 Å². The smallest absolute Gasteiger partial charge is 0.337 e. The zero-order chi connectivity index (χ0) is 22.3. The van der Waals surface area contributed by atoms with E-state index >= 15 is 0 Å². The van der Waals surface area contributed by atoms with Crippen molar-refractivity contribution in [1.82, 2.24) is 0 Å². The topological polar surface area (TPSA) is 55.8 Å². The van der Waals surface area contributed by atoms with Gasteiger partial charge in [-0.15, -0.1) is 0 Å². The number of aldehydes is 1. The van der Waals surface area contributed by atoms with Crippen molar-refractivity contribution in [1.29, 1.82) is 0 Å². The molecule has 0 N–H and O–H groups in total. The highest BCUT2D eigenvalue weighted by Gasteiger charge is 2.43. The summed E-state index contributed by atoms with van der Waals surface area (Å²) in [6.45, 7) is 2.13. The van der Waals surface area contributed by atoms with Crippen molar-refractivity contribution < 1.29 is 19.1 Å². The van der Waals surface area contributed by atoms with Crippen LogP contribution in [0, 0.1) is 11.8 Å². The molecule has 3 aliphatic rings. The Labute approximate surface area is 193 Å². The molecule has 32 heavy (non-hydrogen) atoms. The first-order valence-corrected chi connectivity index (χ1v) is 11.7. The fourth-order valence-electron chi connectivity index (χ4n) is 5.64. The predicted molar refractivity (Wildman–Crippen MR) is 124 cm³/mol. The Morgan fingerprint density at radius 1 is 1.28 bits per heavy atom. The third-order valence-electron chi connectivity index (χ3n) is 7.56. The van der Waals surface area contributed by atoms with Crippen molar-refractivity contribution in [2.45, 2.75) is 37.5 Å². The lowest BCUT2D eigenvalue weighted by Crippen LogP contribution is -2.48. The summed E-state index contributed by atoms with van der Waals surface area (Å²) in [4.78, 5) is 26.1. The van der Waals surface area contributed by atoms with Crippen molar-refractivity contribution in [2.24, 2.45) is 11.8 Å². The molecule has 5 nitrogen and oxygen atoms in total. The van der Waals surface area contributed by atoms with Crippen LogP contribution < -0.4 is 9.64 Å². The van der Waals surface area contributed by atoms with Crippen LogP contribution in [-0.2, 0) is 21.4 Å². The molecule has 2 aromatic carbocycles. The second-order valence-corrected chi connectivity index (χ2v) is 9.85. The number of carbonyl (C=O) groups is 2. The van der Waals surface area contributed by atoms with Gasteiger partial charge in [0.2, 0.25) is 0 Å². The van der Waals surface area contributed by atoms with Gasteiger partial charge in [0.25, 0.3) is 0 Å². The molecule has 1 unspecified atom stereocenters. The first kappa shape index (κ1) is 21.3. The van der Waals surface area contributed by atoms with Gasteiger partial charge in [-0.2, -0.15) is 0 Å². The molecule has 1 heterocycles. The van der Waals surface area contributed by atoms with Crippen molar-refractivity contribution in [3.63, 3.8) is 0 Å². The number of rotatable bonds is 4. The summed E-state index contributed by atoms with van der Waals surface area (Å²) >= 11 is 6.31. The molecule has 3 atom stereocenters. The van der Waals surface area contributed by atoms with Gasteiger partial charge in [-0.25, -0.2) is 4.79 Å². The molecule has 1 aliphatic heterocycles. The molecular formula is C26H28ClNO4. The zero-order valence-corrected chi connectivity index (χ0v) is 19.1. The fourth-order valence-corrected chi connectivity index (χ4v) is 5.84. The van der Waals surface area contributed by atoms with E-state index in [9.17, 15) is 9.59 Å². The number of esters is 1. The lowest BCUT2D eigenvalue weighted by atomic mass is 9.69. The number of aryl methyl sites for hydroxylation is 1. The molecule has 0 amide bonds. The average molecular weight is 454 g/mol. The van der Waals surface area contributed by atoms with E-state index in [-0.39, 0.29) is 17.3 Å². The summed E-state index contributed by atoms with van der Waals surface area (Å²) in [5, 5.41) is 0.765. The molecule has 168 valence electrons. The average Bonchev–Trinajstić information content (AvgIpc) is 2.93. The summed E-state index contributed by atoms with van der Waals surface area (Å²) in [5.74, 6) is 0.849. The van der Waals surface area contributed by atoms with E-state index in [1.807, 2.05) is 18.2 Å². The summed E-state index contributed by atoms with van der Waals surface area (Å²) in [5.41, 5.74) is 3.85. The van der Waals surface area contributed by atoms with E-state index in [0.29, 0.717) is 18.1 Å². The molecular weight excluding hydrogens is 426 g/mol. The van der Waals surface area contributed by atoms with Crippen LogP contribution in [-0.4, -0.2) is 39.1 Å². The Morgan fingerprint density at radius 3 is 2.91 bits per heavy atom. The Hall–Kier alpha value is -2.53. The Morgan fingerprint density at radius 2 is 2.16 bits per heavy atom. The summed E-state index contributed by atoms with van der Waals surface area (Å²) in [6.07, 6.45) is 6.23. The number of halogens is 1. The highest BCUT2D eigenvalue weighted by molar-refractivity contribution is 6.30. The fraction of sp³-hybridized carbons (Fsp3) is 0.462. The number of nitrogens with zero attached hydrogens (tertiary/aromatic N) is 1. The van der Waals surface area contributed by atoms with Gasteiger partial charge in [-0.1, -0.05) is 17.7 Å². The summed E-state index contributed by atoms with van der Waals surface area (Å²) in [6, 6.07) is 11.7. The maximum Gasteiger partial charge on any atom is 0.337 e. The first-order valence-electron chi connectivity index (χ1n) is 11.4. The van der Waals surface area contributed by atoms with E-state index in [0.717, 1.165) is 67.9 Å². The minimum Gasteiger partial charge on any atom is -0.490 e. The third kappa shape index (κ3) is 3.66. The van der Waals surface area contributed by atoms with Crippen LogP contribution in [0.3, 0.4) is 0 Å². The number of fused-ring (bicyclic) bond motifs is 3. The number of carbonyl (C=O) groups excluding carboxylic acids is 2. The summed E-state index contributed by atoms with van der Waals surface area (Å²) in [7, 11) is 1.39. The van der Waals surface area contributed by atoms with Crippen molar-refractivity contribution in [3.8, 4) is 5.75 Å². The van der Waals surface area contributed by atoms with Gasteiger partial charge >= 0.3 is 5.97 Å². The largest absolute Gasteiger partial charge is 0.490 e. The van der Waals surface area contributed by atoms with Crippen LogP contribution in [0.4, 0.5) is 5.69 Å². The molecule has 5 rings (SSSR count). The minimum atomic E-state index is -0.362. The SMILES string of the molecule is COC(=O)c1ccc2c(c1)N(CC1CC[C@H]1C=O)C[C@@]1(CCCc3cc(Cl)ccc31)CO2. The molecule has 6 heteroatoms. The highest BCUT2D eigenvalue weighted by Crippen LogP contribution is 2.46. The van der Waals surface area contributed by atoms with Crippen LogP contribution in [0.25, 0.3) is 0 Å². The van der Waals surface area contributed by atoms with Gasteiger partial charge in [0.15, 0.2) is 0 Å². The molecule has 0 radical (unpaired) electrons. The standard InChI is InChI=1S/C26H28ClNO4/c1-31-25(30)18-6-9-24-23(12-18)28(13-19-4-5-20(19)14-29)15-26(16-32-24)10-2-3-17-11-21(27)7-8-22(17)26/h6-9,11-12,14,19-20H,2-5,10,13,15-16H2,1H3/t19?,20-,26-/m0/s1. The molecule has 1 fully saturated rings. The number of ether oxygens (including phenoxy) is 2. The predicted octanol–water partition coefficient (Wildman–Crippen LogP) is 4.82. The quantitative estimate of drug-likeness (QED) is 0.490. The van der Waals surface area contributed by atoms with Crippen LogP contribution in [0.1, 0.15) is 47.2 Å². The molecule has 1 saturated carbocycles. The molecule has 0 bridgehead atoms. The van der Waals surface area contributed by atoms with Gasteiger partial charge in [-0.05, 0) is 79.5 Å². The number of methoxy groups -OCH3 is 1. The normalized spacial score (nSPS) is 26.2. The third-order valence-corrected chi connectivity index (χ3v) is 7.80. The number of anilines is 1. The van der Waals surface area contributed by atoms with Crippen molar-refractivity contribution in [3.05, 3.63) is 58.1 Å². The Bertz CT molecular complexity index is 1050. The van der Waals surface area contributed by atoms with Gasteiger partial charge in [0.1, 0.15) is 12.0 Å². The summed E-state index contributed by atoms with van der Waals surface area (Å²) < 4.78 is 11.4. The van der Waals surface area contributed by atoms with Crippen LogP contribution >= 0.6 is 11.6 Å². The van der Waals surface area contributed by atoms with E-state index in [1.54, 1.807) is 6.07 Å². The minimum absolute atomic E-state index is 0.111. The highest BCUT2D eigenvalue weighted by atomic mass is 35.5. The first-order chi connectivity index (χ1) is 15.5. The molecule has 2 aromatic rings. The van der Waals surface area contributed by atoms with Gasteiger partial charge in [-0.3, -0.25) is 0 Å². The van der Waals surface area contributed by atoms with Gasteiger partial charge < -0.3 is 19.2 Å². The maximum absolute atomic E-state index is 12.2. The van der Waals surface area contributed by atoms with Crippen LogP contribution in [0.2, 0.25) is 5.02 Å².